The summed E-state index contributed by atoms with van der Waals surface area (Å²) in [6.45, 7) is 0.253. The number of carbonyl (C=O) groups excluding carboxylic acids is 1. The summed E-state index contributed by atoms with van der Waals surface area (Å²) in [6, 6.07) is 5.01. The normalized spacial score (nSPS) is 20.4. The van der Waals surface area contributed by atoms with Crippen LogP contribution in [0.1, 0.15) is 11.6 Å². The average molecular weight is 258 g/mol. The Bertz CT molecular complexity index is 380. The van der Waals surface area contributed by atoms with Crippen molar-refractivity contribution >= 4 is 22.0 Å². The number of rotatable bonds is 1. The van der Waals surface area contributed by atoms with E-state index in [1.165, 1.54) is 0 Å². The molecule has 0 radical (unpaired) electrons. The number of cyclic esters (lactones) is 1. The molecule has 1 unspecified atom stereocenters. The van der Waals surface area contributed by atoms with Gasteiger partial charge in [0.15, 0.2) is 0 Å². The van der Waals surface area contributed by atoms with Crippen LogP contribution in [-0.2, 0) is 4.74 Å². The third-order valence-corrected chi connectivity index (χ3v) is 2.71. The van der Waals surface area contributed by atoms with Crippen LogP contribution in [-0.4, -0.2) is 17.8 Å². The van der Waals surface area contributed by atoms with E-state index in [4.69, 9.17) is 4.74 Å². The van der Waals surface area contributed by atoms with Crippen molar-refractivity contribution in [2.75, 3.05) is 6.61 Å². The Morgan fingerprint density at radius 3 is 3.00 bits per heavy atom. The third-order valence-electron chi connectivity index (χ3n) is 2.07. The zero-order valence-corrected chi connectivity index (χ0v) is 8.74. The van der Waals surface area contributed by atoms with Crippen molar-refractivity contribution < 1.29 is 14.6 Å². The molecule has 5 heteroatoms. The zero-order valence-electron chi connectivity index (χ0n) is 7.16. The summed E-state index contributed by atoms with van der Waals surface area (Å²) < 4.78 is 5.35. The van der Waals surface area contributed by atoms with Gasteiger partial charge in [0.25, 0.3) is 0 Å². The fourth-order valence-electron chi connectivity index (χ4n) is 1.37. The van der Waals surface area contributed by atoms with E-state index in [1.54, 1.807) is 18.2 Å². The van der Waals surface area contributed by atoms with E-state index in [9.17, 15) is 9.90 Å². The lowest BCUT2D eigenvalue weighted by atomic mass is 10.1. The van der Waals surface area contributed by atoms with Crippen molar-refractivity contribution in [1.29, 1.82) is 0 Å². The number of hydrogen-bond donors (Lipinski definition) is 2. The maximum absolute atomic E-state index is 10.8. The van der Waals surface area contributed by atoms with Crippen LogP contribution < -0.4 is 5.32 Å². The van der Waals surface area contributed by atoms with Gasteiger partial charge in [-0.1, -0.05) is 12.1 Å². The summed E-state index contributed by atoms with van der Waals surface area (Å²) in [5, 5.41) is 12.3. The van der Waals surface area contributed by atoms with E-state index in [1.807, 2.05) is 0 Å². The largest absolute Gasteiger partial charge is 0.506 e. The number of amides is 1. The number of phenolic OH excluding ortho intramolecular Hbond substituents is 1. The van der Waals surface area contributed by atoms with Crippen molar-refractivity contribution in [3.63, 3.8) is 0 Å². The molecule has 2 N–H and O–H groups in total. The Hall–Kier alpha value is -1.23. The summed E-state index contributed by atoms with van der Waals surface area (Å²) in [5.41, 5.74) is 0.658. The van der Waals surface area contributed by atoms with Crippen LogP contribution >= 0.6 is 15.9 Å². The van der Waals surface area contributed by atoms with Gasteiger partial charge >= 0.3 is 6.09 Å². The van der Waals surface area contributed by atoms with Gasteiger partial charge in [0.05, 0.1) is 10.5 Å². The minimum absolute atomic E-state index is 0.142. The Morgan fingerprint density at radius 1 is 1.57 bits per heavy atom. The molecule has 1 aliphatic rings. The van der Waals surface area contributed by atoms with Crippen molar-refractivity contribution in [1.82, 2.24) is 5.32 Å². The first kappa shape index (κ1) is 9.33. The van der Waals surface area contributed by atoms with E-state index in [0.717, 1.165) is 0 Å². The minimum Gasteiger partial charge on any atom is -0.506 e. The number of phenols is 1. The second-order valence-corrected chi connectivity index (χ2v) is 3.83. The topological polar surface area (TPSA) is 58.6 Å². The van der Waals surface area contributed by atoms with Gasteiger partial charge in [-0.3, -0.25) is 0 Å². The number of para-hydroxylation sites is 1. The highest BCUT2D eigenvalue weighted by atomic mass is 79.9. The summed E-state index contributed by atoms with van der Waals surface area (Å²) in [5.74, 6) is 0.142. The minimum atomic E-state index is -0.450. The first-order valence-electron chi connectivity index (χ1n) is 4.09. The van der Waals surface area contributed by atoms with Gasteiger partial charge < -0.3 is 15.2 Å². The Morgan fingerprint density at radius 2 is 2.36 bits per heavy atom. The highest BCUT2D eigenvalue weighted by Gasteiger charge is 2.26. The molecule has 1 aromatic rings. The summed E-state index contributed by atoms with van der Waals surface area (Å²) in [6.07, 6.45) is -0.450. The van der Waals surface area contributed by atoms with Crippen LogP contribution in [0.2, 0.25) is 0 Å². The van der Waals surface area contributed by atoms with Crippen molar-refractivity contribution in [2.24, 2.45) is 0 Å². The second kappa shape index (κ2) is 3.49. The predicted molar refractivity (Wildman–Crippen MR) is 53.0 cm³/mol. The summed E-state index contributed by atoms with van der Waals surface area (Å²) >= 11 is 3.20. The number of ether oxygens (including phenoxy) is 1. The van der Waals surface area contributed by atoms with Crippen LogP contribution in [0.4, 0.5) is 4.79 Å². The Labute approximate surface area is 89.0 Å². The highest BCUT2D eigenvalue weighted by molar-refractivity contribution is 9.10. The first-order chi connectivity index (χ1) is 6.68. The van der Waals surface area contributed by atoms with E-state index < -0.39 is 6.09 Å². The molecule has 1 aromatic carbocycles. The molecule has 2 rings (SSSR count). The summed E-state index contributed by atoms with van der Waals surface area (Å²) in [7, 11) is 0. The maximum atomic E-state index is 10.8. The fraction of sp³-hybridized carbons (Fsp3) is 0.222. The number of nitrogens with one attached hydrogen (secondary N) is 1. The number of hydrogen-bond acceptors (Lipinski definition) is 3. The Balaban J connectivity index is 2.32. The molecule has 1 aliphatic heterocycles. The SMILES string of the molecule is O=C1NC(c2cccc(Br)c2O)CO1. The number of benzene rings is 1. The smallest absolute Gasteiger partial charge is 0.407 e. The molecular weight excluding hydrogens is 250 g/mol. The lowest BCUT2D eigenvalue weighted by Gasteiger charge is -2.10. The molecule has 74 valence electrons. The van der Waals surface area contributed by atoms with Gasteiger partial charge in [-0.15, -0.1) is 0 Å². The summed E-state index contributed by atoms with van der Waals surface area (Å²) in [4.78, 5) is 10.8. The lowest BCUT2D eigenvalue weighted by Crippen LogP contribution is -2.18. The van der Waals surface area contributed by atoms with Gasteiger partial charge in [0, 0.05) is 5.56 Å². The van der Waals surface area contributed by atoms with E-state index in [-0.39, 0.29) is 18.4 Å². The third kappa shape index (κ3) is 1.55. The van der Waals surface area contributed by atoms with Crippen LogP contribution in [0.3, 0.4) is 0 Å². The molecule has 4 nitrogen and oxygen atoms in total. The van der Waals surface area contributed by atoms with Gasteiger partial charge in [-0.25, -0.2) is 4.79 Å². The van der Waals surface area contributed by atoms with Crippen LogP contribution in [0.25, 0.3) is 0 Å². The van der Waals surface area contributed by atoms with E-state index >= 15 is 0 Å². The highest BCUT2D eigenvalue weighted by Crippen LogP contribution is 2.32. The van der Waals surface area contributed by atoms with Gasteiger partial charge in [0.1, 0.15) is 12.4 Å². The van der Waals surface area contributed by atoms with Gasteiger partial charge in [-0.2, -0.15) is 0 Å². The number of halogens is 1. The van der Waals surface area contributed by atoms with E-state index in [0.29, 0.717) is 10.0 Å². The molecule has 1 heterocycles. The van der Waals surface area contributed by atoms with Gasteiger partial charge in [0.2, 0.25) is 0 Å². The molecule has 0 bridgehead atoms. The Kier molecular flexibility index (Phi) is 2.33. The van der Waals surface area contributed by atoms with E-state index in [2.05, 4.69) is 21.2 Å². The maximum Gasteiger partial charge on any atom is 0.407 e. The predicted octanol–water partition coefficient (Wildman–Crippen LogP) is 1.94. The fourth-order valence-corrected chi connectivity index (χ4v) is 1.75. The molecule has 1 atom stereocenters. The molecule has 1 amide bonds. The monoisotopic (exact) mass is 257 g/mol. The van der Waals surface area contributed by atoms with Crippen LogP contribution in [0.15, 0.2) is 22.7 Å². The molecule has 1 saturated heterocycles. The average Bonchev–Trinajstić information content (AvgIpc) is 2.57. The van der Waals surface area contributed by atoms with Crippen LogP contribution in [0.5, 0.6) is 5.75 Å². The molecule has 14 heavy (non-hydrogen) atoms. The standard InChI is InChI=1S/C9H8BrNO3/c10-6-3-1-2-5(8(6)12)7-4-14-9(13)11-7/h1-3,7,12H,4H2,(H,11,13). The molecule has 0 saturated carbocycles. The van der Waals surface area contributed by atoms with Gasteiger partial charge in [-0.05, 0) is 22.0 Å². The quantitative estimate of drug-likeness (QED) is 0.809. The van der Waals surface area contributed by atoms with Crippen molar-refractivity contribution in [3.05, 3.63) is 28.2 Å². The lowest BCUT2D eigenvalue weighted by molar-refractivity contribution is 0.177. The van der Waals surface area contributed by atoms with Crippen molar-refractivity contribution in [2.45, 2.75) is 6.04 Å². The molecular formula is C9H8BrNO3. The second-order valence-electron chi connectivity index (χ2n) is 2.97. The van der Waals surface area contributed by atoms with Crippen LogP contribution in [0, 0.1) is 0 Å². The van der Waals surface area contributed by atoms with Crippen molar-refractivity contribution in [3.8, 4) is 5.75 Å². The molecule has 0 spiro atoms. The first-order valence-corrected chi connectivity index (χ1v) is 4.88. The molecule has 0 aromatic heterocycles. The number of alkyl carbamates (subject to hydrolysis) is 1. The number of carbonyl (C=O) groups is 1. The molecule has 0 aliphatic carbocycles. The number of aromatic hydroxyl groups is 1. The molecule has 1 fully saturated rings. The zero-order chi connectivity index (χ0) is 10.1.